The van der Waals surface area contributed by atoms with Gasteiger partial charge in [-0.05, 0) is 67.6 Å². The van der Waals surface area contributed by atoms with Gasteiger partial charge in [-0.15, -0.1) is 0 Å². The standard InChI is InChI=1S/C7H8O.C6H6O2.C6H4O2.2CH4.2O2/c1-6-2-4-7(8)5-3-6;2*7-5-1-2-6(8)4-3-5;;;2*1-2/h2-5,8H,1H3;1-4,7-8H;1-4H;2*1H4;;. The number of carbonyl (C=O) groups excluding carboxylic acids is 2. The van der Waals surface area contributed by atoms with E-state index in [0.29, 0.717) is 5.75 Å². The Morgan fingerprint density at radius 3 is 0.900 bits per heavy atom. The van der Waals surface area contributed by atoms with Crippen molar-refractivity contribution in [1.82, 2.24) is 0 Å². The van der Waals surface area contributed by atoms with E-state index in [1.54, 1.807) is 12.1 Å². The molecule has 0 saturated carbocycles. The molecule has 2 aromatic rings. The van der Waals surface area contributed by atoms with Crippen LogP contribution in [0.1, 0.15) is 20.4 Å². The van der Waals surface area contributed by atoms with Gasteiger partial charge in [0.2, 0.25) is 0 Å². The van der Waals surface area contributed by atoms with Crippen molar-refractivity contribution in [3.63, 3.8) is 0 Å². The second-order valence-electron chi connectivity index (χ2n) is 4.82. The van der Waals surface area contributed by atoms with Gasteiger partial charge in [-0.2, -0.15) is 0 Å². The van der Waals surface area contributed by atoms with E-state index in [2.05, 4.69) is 0 Å². The highest BCUT2D eigenvalue weighted by Crippen LogP contribution is 2.13. The smallest absolute Gasteiger partial charge is 0.178 e. The maximum atomic E-state index is 10.3. The highest BCUT2D eigenvalue weighted by molar-refractivity contribution is 6.14. The lowest BCUT2D eigenvalue weighted by Gasteiger charge is -1.89. The number of aryl methyl sites for hydroxylation is 1. The number of rotatable bonds is 0. The van der Waals surface area contributed by atoms with Crippen LogP contribution in [0.3, 0.4) is 0 Å². The van der Waals surface area contributed by atoms with E-state index < -0.39 is 0 Å². The number of allylic oxidation sites excluding steroid dienone is 4. The van der Waals surface area contributed by atoms with Crippen LogP contribution in [-0.2, 0) is 9.59 Å². The number of hydrogen-bond donors (Lipinski definition) is 3. The Hall–Kier alpha value is -4.14. The summed E-state index contributed by atoms with van der Waals surface area (Å²) in [5, 5.41) is 26.0. The Balaban J connectivity index is -0.000000151. The van der Waals surface area contributed by atoms with Gasteiger partial charge in [0.05, 0.1) is 0 Å². The van der Waals surface area contributed by atoms with Crippen LogP contribution < -0.4 is 0 Å². The third-order valence-electron chi connectivity index (χ3n) is 2.71. The van der Waals surface area contributed by atoms with Gasteiger partial charge >= 0.3 is 0 Å². The monoisotopic (exact) mass is 422 g/mol. The van der Waals surface area contributed by atoms with Crippen molar-refractivity contribution in [1.29, 1.82) is 0 Å². The first-order chi connectivity index (χ1) is 13.4. The zero-order valence-electron chi connectivity index (χ0n) is 14.7. The average Bonchev–Trinajstić information content (AvgIpc) is 2.73. The highest BCUT2D eigenvalue weighted by Gasteiger charge is 1.97. The summed E-state index contributed by atoms with van der Waals surface area (Å²) in [6, 6.07) is 12.8. The third kappa shape index (κ3) is 18.6. The number of carbonyl (C=O) groups is 2. The Kier molecular flexibility index (Phi) is 23.6. The van der Waals surface area contributed by atoms with Crippen molar-refractivity contribution in [2.45, 2.75) is 21.8 Å². The van der Waals surface area contributed by atoms with Crippen molar-refractivity contribution in [2.24, 2.45) is 0 Å². The van der Waals surface area contributed by atoms with Crippen LogP contribution in [0.4, 0.5) is 0 Å². The zero-order valence-corrected chi connectivity index (χ0v) is 14.7. The molecular weight excluding hydrogens is 396 g/mol. The molecule has 0 fully saturated rings. The van der Waals surface area contributed by atoms with E-state index in [-0.39, 0.29) is 37.9 Å². The maximum Gasteiger partial charge on any atom is 0.178 e. The van der Waals surface area contributed by atoms with Crippen LogP contribution in [0, 0.1) is 26.8 Å². The van der Waals surface area contributed by atoms with Crippen LogP contribution in [0.25, 0.3) is 0 Å². The fraction of sp³-hybridized carbons (Fsp3) is 0.143. The third-order valence-corrected chi connectivity index (χ3v) is 2.71. The summed E-state index contributed by atoms with van der Waals surface area (Å²) in [7, 11) is 0. The first-order valence-electron chi connectivity index (χ1n) is 7.38. The zero-order chi connectivity index (χ0) is 21.9. The van der Waals surface area contributed by atoms with E-state index >= 15 is 0 Å². The van der Waals surface area contributed by atoms with E-state index in [4.69, 9.17) is 35.2 Å². The van der Waals surface area contributed by atoms with Crippen LogP contribution >= 0.6 is 0 Å². The van der Waals surface area contributed by atoms with E-state index in [9.17, 15) is 9.59 Å². The molecule has 3 N–H and O–H groups in total. The first-order valence-corrected chi connectivity index (χ1v) is 7.38. The molecule has 2 aromatic carbocycles. The van der Waals surface area contributed by atoms with Gasteiger partial charge in [0, 0.05) is 19.9 Å². The lowest BCUT2D eigenvalue weighted by Crippen LogP contribution is -1.97. The van der Waals surface area contributed by atoms with Crippen LogP contribution in [0.15, 0.2) is 72.8 Å². The number of aromatic hydroxyl groups is 3. The molecule has 9 nitrogen and oxygen atoms in total. The molecular formula is C21H26O9. The van der Waals surface area contributed by atoms with Gasteiger partial charge in [-0.1, -0.05) is 32.5 Å². The van der Waals surface area contributed by atoms with Crippen molar-refractivity contribution < 1.29 is 24.9 Å². The molecule has 3 rings (SSSR count). The number of phenolic OH excluding ortho intramolecular Hbond substituents is 3. The van der Waals surface area contributed by atoms with E-state index in [1.165, 1.54) is 54.1 Å². The molecule has 0 heterocycles. The van der Waals surface area contributed by atoms with Gasteiger partial charge in [0.15, 0.2) is 11.6 Å². The molecule has 0 unspecified atom stereocenters. The average molecular weight is 422 g/mol. The molecule has 0 bridgehead atoms. The molecule has 0 aromatic heterocycles. The summed E-state index contributed by atoms with van der Waals surface area (Å²) in [6.45, 7) is 1.99. The summed E-state index contributed by atoms with van der Waals surface area (Å²) in [6.07, 6.45) is 5.01. The molecule has 0 aliphatic heterocycles. The molecule has 1 aliphatic carbocycles. The molecule has 30 heavy (non-hydrogen) atoms. The first kappa shape index (κ1) is 33.4. The quantitative estimate of drug-likeness (QED) is 0.411. The predicted octanol–water partition coefficient (Wildman–Crippen LogP) is 4.46. The summed E-state index contributed by atoms with van der Waals surface area (Å²) >= 11 is 0. The predicted molar refractivity (Wildman–Crippen MR) is 118 cm³/mol. The molecule has 164 valence electrons. The van der Waals surface area contributed by atoms with Crippen LogP contribution in [0.5, 0.6) is 17.2 Å². The summed E-state index contributed by atoms with van der Waals surface area (Å²) in [5.41, 5.74) is 1.17. The van der Waals surface area contributed by atoms with E-state index in [1.807, 2.05) is 19.1 Å². The van der Waals surface area contributed by atoms with Gasteiger partial charge < -0.3 is 15.3 Å². The summed E-state index contributed by atoms with van der Waals surface area (Å²) in [4.78, 5) is 48.6. The Morgan fingerprint density at radius 1 is 0.500 bits per heavy atom. The van der Waals surface area contributed by atoms with Crippen LogP contribution in [0.2, 0.25) is 0 Å². The van der Waals surface area contributed by atoms with Gasteiger partial charge in [0.1, 0.15) is 17.2 Å². The van der Waals surface area contributed by atoms with Crippen molar-refractivity contribution >= 4 is 11.6 Å². The van der Waals surface area contributed by atoms with Crippen molar-refractivity contribution in [3.8, 4) is 17.2 Å². The maximum absolute atomic E-state index is 10.3. The number of phenols is 3. The number of ketones is 2. The fourth-order valence-electron chi connectivity index (χ4n) is 1.44. The SMILES string of the molecule is C.C.Cc1ccc(O)cc1.O=C1C=CC(=O)C=C1.O=O.O=O.Oc1ccc(O)cc1. The second kappa shape index (κ2) is 21.2. The molecule has 9 heteroatoms. The van der Waals surface area contributed by atoms with Crippen molar-refractivity contribution in [3.05, 3.63) is 98.3 Å². The largest absolute Gasteiger partial charge is 0.508 e. The van der Waals surface area contributed by atoms with Gasteiger partial charge in [-0.3, -0.25) is 9.59 Å². The Bertz CT molecular complexity index is 639. The summed E-state index contributed by atoms with van der Waals surface area (Å²) in [5.74, 6) is 0.426. The topological polar surface area (TPSA) is 163 Å². The molecule has 1 aliphatic rings. The Morgan fingerprint density at radius 2 is 0.700 bits per heavy atom. The van der Waals surface area contributed by atoms with Crippen molar-refractivity contribution in [2.75, 3.05) is 0 Å². The lowest BCUT2D eigenvalue weighted by molar-refractivity contribution is -0.113. The lowest BCUT2D eigenvalue weighted by atomic mass is 10.2. The normalized spacial score (nSPS) is 9.77. The Labute approximate surface area is 174 Å². The fourth-order valence-corrected chi connectivity index (χ4v) is 1.44. The van der Waals surface area contributed by atoms with Crippen LogP contribution in [-0.4, -0.2) is 26.9 Å². The minimum absolute atomic E-state index is 0. The molecule has 0 radical (unpaired) electrons. The molecule has 0 saturated heterocycles. The minimum atomic E-state index is -0.121. The van der Waals surface area contributed by atoms with Gasteiger partial charge in [-0.25, -0.2) is 0 Å². The number of benzene rings is 2. The highest BCUT2D eigenvalue weighted by atomic mass is 16.7. The molecule has 0 atom stereocenters. The molecule has 0 amide bonds. The van der Waals surface area contributed by atoms with E-state index in [0.717, 1.165) is 0 Å². The summed E-state index contributed by atoms with van der Waals surface area (Å²) < 4.78 is 0. The molecule has 0 spiro atoms. The van der Waals surface area contributed by atoms with Gasteiger partial charge in [0.25, 0.3) is 0 Å². The number of hydrogen-bond acceptors (Lipinski definition) is 9. The second-order valence-corrected chi connectivity index (χ2v) is 4.82. The minimum Gasteiger partial charge on any atom is -0.508 e.